The third kappa shape index (κ3) is 2.71. The van der Waals surface area contributed by atoms with Crippen LogP contribution in [0.5, 0.6) is 0 Å². The second-order valence-electron chi connectivity index (χ2n) is 5.77. The Kier molecular flexibility index (Phi) is 3.46. The van der Waals surface area contributed by atoms with Gasteiger partial charge in [-0.05, 0) is 68.2 Å². The van der Waals surface area contributed by atoms with Gasteiger partial charge in [-0.15, -0.1) is 0 Å². The average molecular weight is 229 g/mol. The Labute approximate surface area is 105 Å². The summed E-state index contributed by atoms with van der Waals surface area (Å²) < 4.78 is 0. The predicted molar refractivity (Wildman–Crippen MR) is 72.3 cm³/mol. The highest BCUT2D eigenvalue weighted by atomic mass is 14.9. The summed E-state index contributed by atoms with van der Waals surface area (Å²) >= 11 is 0. The molecule has 1 aliphatic heterocycles. The van der Waals surface area contributed by atoms with Crippen LogP contribution < -0.4 is 5.32 Å². The first-order valence-electron chi connectivity index (χ1n) is 7.21. The molecule has 0 spiro atoms. The fraction of sp³-hybridized carbons (Fsp3) is 0.625. The van der Waals surface area contributed by atoms with Crippen LogP contribution in [0.2, 0.25) is 0 Å². The molecule has 1 heteroatoms. The highest BCUT2D eigenvalue weighted by Gasteiger charge is 2.20. The Morgan fingerprint density at radius 3 is 2.59 bits per heavy atom. The van der Waals surface area contributed by atoms with E-state index in [0.29, 0.717) is 0 Å². The van der Waals surface area contributed by atoms with E-state index < -0.39 is 0 Å². The molecule has 1 nitrogen and oxygen atoms in total. The first-order chi connectivity index (χ1) is 8.42. The van der Waals surface area contributed by atoms with E-state index in [1.807, 2.05) is 0 Å². The lowest BCUT2D eigenvalue weighted by atomic mass is 9.79. The van der Waals surface area contributed by atoms with Gasteiger partial charge in [-0.3, -0.25) is 0 Å². The van der Waals surface area contributed by atoms with E-state index in [1.165, 1.54) is 51.6 Å². The van der Waals surface area contributed by atoms with Gasteiger partial charge in [0, 0.05) is 0 Å². The van der Waals surface area contributed by atoms with Crippen molar-refractivity contribution >= 4 is 0 Å². The predicted octanol–water partition coefficient (Wildman–Crippen LogP) is 3.50. The highest BCUT2D eigenvalue weighted by molar-refractivity contribution is 5.28. The molecule has 3 rings (SSSR count). The van der Waals surface area contributed by atoms with Crippen LogP contribution in [0.4, 0.5) is 0 Å². The molecule has 0 radical (unpaired) electrons. The highest BCUT2D eigenvalue weighted by Crippen LogP contribution is 2.36. The van der Waals surface area contributed by atoms with Crippen LogP contribution >= 0.6 is 0 Å². The van der Waals surface area contributed by atoms with Crippen LogP contribution in [0, 0.1) is 5.92 Å². The summed E-state index contributed by atoms with van der Waals surface area (Å²) in [6.07, 6.45) is 8.26. The summed E-state index contributed by atoms with van der Waals surface area (Å²) in [5, 5.41) is 3.45. The number of piperidine rings is 1. The van der Waals surface area contributed by atoms with Gasteiger partial charge in [0.25, 0.3) is 0 Å². The second-order valence-corrected chi connectivity index (χ2v) is 5.77. The van der Waals surface area contributed by atoms with Crippen LogP contribution in [0.15, 0.2) is 24.3 Å². The molecule has 1 aromatic carbocycles. The molecule has 0 amide bonds. The maximum absolute atomic E-state index is 3.45. The zero-order valence-electron chi connectivity index (χ0n) is 10.6. The van der Waals surface area contributed by atoms with E-state index in [9.17, 15) is 0 Å². The van der Waals surface area contributed by atoms with E-state index in [4.69, 9.17) is 0 Å². The van der Waals surface area contributed by atoms with E-state index in [-0.39, 0.29) is 0 Å². The number of hydrogen-bond acceptors (Lipinski definition) is 1. The van der Waals surface area contributed by atoms with Crippen LogP contribution in [-0.4, -0.2) is 13.1 Å². The van der Waals surface area contributed by atoms with Gasteiger partial charge in [0.2, 0.25) is 0 Å². The molecule has 2 fully saturated rings. The summed E-state index contributed by atoms with van der Waals surface area (Å²) in [7, 11) is 0. The van der Waals surface area contributed by atoms with Gasteiger partial charge in [-0.2, -0.15) is 0 Å². The number of nitrogens with one attached hydrogen (secondary N) is 1. The van der Waals surface area contributed by atoms with Crippen molar-refractivity contribution in [2.75, 3.05) is 13.1 Å². The smallest absolute Gasteiger partial charge is 0.00462 e. The Morgan fingerprint density at radius 1 is 1.06 bits per heavy atom. The first kappa shape index (κ1) is 11.3. The molecule has 1 heterocycles. The summed E-state index contributed by atoms with van der Waals surface area (Å²) in [5.74, 6) is 1.79. The zero-order valence-corrected chi connectivity index (χ0v) is 10.6. The Balaban J connectivity index is 1.65. The van der Waals surface area contributed by atoms with Crippen molar-refractivity contribution in [3.05, 3.63) is 35.4 Å². The number of benzene rings is 1. The van der Waals surface area contributed by atoms with Gasteiger partial charge >= 0.3 is 0 Å². The minimum atomic E-state index is 0.878. The van der Waals surface area contributed by atoms with E-state index in [0.717, 1.165) is 11.8 Å². The Morgan fingerprint density at radius 2 is 1.88 bits per heavy atom. The van der Waals surface area contributed by atoms with Gasteiger partial charge < -0.3 is 5.32 Å². The second kappa shape index (κ2) is 5.22. The minimum Gasteiger partial charge on any atom is -0.317 e. The van der Waals surface area contributed by atoms with Gasteiger partial charge in [-0.1, -0.05) is 30.7 Å². The fourth-order valence-corrected chi connectivity index (χ4v) is 3.13. The van der Waals surface area contributed by atoms with Gasteiger partial charge in [0.1, 0.15) is 0 Å². The number of rotatable bonds is 3. The van der Waals surface area contributed by atoms with Crippen LogP contribution in [-0.2, 0) is 6.42 Å². The van der Waals surface area contributed by atoms with Crippen molar-refractivity contribution < 1.29 is 0 Å². The molecule has 92 valence electrons. The lowest BCUT2D eigenvalue weighted by Gasteiger charge is -2.27. The molecule has 0 aromatic heterocycles. The minimum absolute atomic E-state index is 0.878. The molecule has 0 atom stereocenters. The zero-order chi connectivity index (χ0) is 11.5. The third-order valence-corrected chi connectivity index (χ3v) is 4.51. The maximum Gasteiger partial charge on any atom is -0.00462 e. The van der Waals surface area contributed by atoms with Crippen molar-refractivity contribution in [3.63, 3.8) is 0 Å². The van der Waals surface area contributed by atoms with Gasteiger partial charge in [0.05, 0.1) is 0 Å². The summed E-state index contributed by atoms with van der Waals surface area (Å²) in [4.78, 5) is 0. The maximum atomic E-state index is 3.45. The summed E-state index contributed by atoms with van der Waals surface area (Å²) in [6, 6.07) is 9.40. The molecule has 1 saturated carbocycles. The summed E-state index contributed by atoms with van der Waals surface area (Å²) in [6.45, 7) is 2.43. The molecule has 1 saturated heterocycles. The fourth-order valence-electron chi connectivity index (χ4n) is 3.13. The summed E-state index contributed by atoms with van der Waals surface area (Å²) in [5.41, 5.74) is 3.17. The quantitative estimate of drug-likeness (QED) is 0.836. The van der Waals surface area contributed by atoms with Gasteiger partial charge in [-0.25, -0.2) is 0 Å². The van der Waals surface area contributed by atoms with Crippen molar-refractivity contribution in [1.82, 2.24) is 5.32 Å². The molecular weight excluding hydrogens is 206 g/mol. The first-order valence-corrected chi connectivity index (χ1v) is 7.21. The SMILES string of the molecule is c1cc(CC2CCNCC2)cc(C2CCC2)c1. The molecule has 2 aliphatic rings. The van der Waals surface area contributed by atoms with Gasteiger partial charge in [0.15, 0.2) is 0 Å². The Bertz CT molecular complexity index is 362. The standard InChI is InChI=1S/C16H23N/c1-3-14(11-13-7-9-17-10-8-13)12-16(6-1)15-4-2-5-15/h1,3,6,12-13,15,17H,2,4-5,7-11H2. The van der Waals surface area contributed by atoms with Crippen LogP contribution in [0.3, 0.4) is 0 Å². The van der Waals surface area contributed by atoms with Crippen molar-refractivity contribution in [1.29, 1.82) is 0 Å². The van der Waals surface area contributed by atoms with Crippen LogP contribution in [0.25, 0.3) is 0 Å². The normalized spacial score (nSPS) is 22.4. The molecule has 17 heavy (non-hydrogen) atoms. The Hall–Kier alpha value is -0.820. The molecule has 1 aliphatic carbocycles. The molecule has 0 unspecified atom stereocenters. The van der Waals surface area contributed by atoms with E-state index in [2.05, 4.69) is 29.6 Å². The monoisotopic (exact) mass is 229 g/mol. The van der Waals surface area contributed by atoms with Crippen molar-refractivity contribution in [2.24, 2.45) is 5.92 Å². The topological polar surface area (TPSA) is 12.0 Å². The van der Waals surface area contributed by atoms with E-state index in [1.54, 1.807) is 11.1 Å². The molecular formula is C16H23N. The molecule has 1 N–H and O–H groups in total. The molecule has 0 bridgehead atoms. The van der Waals surface area contributed by atoms with Crippen molar-refractivity contribution in [2.45, 2.75) is 44.4 Å². The average Bonchev–Trinajstić information content (AvgIpc) is 2.28. The van der Waals surface area contributed by atoms with Crippen molar-refractivity contribution in [3.8, 4) is 0 Å². The van der Waals surface area contributed by atoms with E-state index >= 15 is 0 Å². The molecule has 1 aromatic rings. The largest absolute Gasteiger partial charge is 0.317 e. The lowest BCUT2D eigenvalue weighted by molar-refractivity contribution is 0.372. The third-order valence-electron chi connectivity index (χ3n) is 4.51. The lowest BCUT2D eigenvalue weighted by Crippen LogP contribution is -2.28. The van der Waals surface area contributed by atoms with Crippen LogP contribution in [0.1, 0.15) is 49.1 Å². The number of hydrogen-bond donors (Lipinski definition) is 1.